The van der Waals surface area contributed by atoms with Gasteiger partial charge < -0.3 is 4.57 Å². The van der Waals surface area contributed by atoms with Gasteiger partial charge in [-0.05, 0) is 49.4 Å². The summed E-state index contributed by atoms with van der Waals surface area (Å²) in [6.45, 7) is 7.63. The fourth-order valence-electron chi connectivity index (χ4n) is 3.44. The minimum absolute atomic E-state index is 0.0362. The van der Waals surface area contributed by atoms with E-state index in [1.54, 1.807) is 34.6 Å². The lowest BCUT2D eigenvalue weighted by atomic mass is 9.96. The van der Waals surface area contributed by atoms with Crippen molar-refractivity contribution in [3.05, 3.63) is 62.7 Å². The first kappa shape index (κ1) is 18.6. The Morgan fingerprint density at radius 2 is 1.88 bits per heavy atom. The predicted octanol–water partition coefficient (Wildman–Crippen LogP) is 1.98. The van der Waals surface area contributed by atoms with Crippen molar-refractivity contribution < 1.29 is 0 Å². The van der Waals surface area contributed by atoms with Crippen LogP contribution >= 0.6 is 0 Å². The maximum Gasteiger partial charge on any atom is 0.253 e. The smallest absolute Gasteiger partial charge is 0.253 e. The highest BCUT2D eigenvalue weighted by Crippen LogP contribution is 2.20. The van der Waals surface area contributed by atoms with Crippen molar-refractivity contribution >= 4 is 0 Å². The van der Waals surface area contributed by atoms with Crippen LogP contribution in [0.2, 0.25) is 0 Å². The Balaban J connectivity index is 1.54. The summed E-state index contributed by atoms with van der Waals surface area (Å²) >= 11 is 0. The van der Waals surface area contributed by atoms with Crippen molar-refractivity contribution in [2.75, 3.05) is 13.1 Å². The van der Waals surface area contributed by atoms with E-state index in [0.717, 1.165) is 50.3 Å². The van der Waals surface area contributed by atoms with Crippen LogP contribution in [0.4, 0.5) is 0 Å². The molecule has 0 bridgehead atoms. The number of piperidine rings is 1. The molecule has 6 nitrogen and oxygen atoms in total. The Bertz CT molecular complexity index is 861. The quantitative estimate of drug-likeness (QED) is 0.822. The van der Waals surface area contributed by atoms with E-state index in [2.05, 4.69) is 9.88 Å². The molecule has 2 aromatic heterocycles. The van der Waals surface area contributed by atoms with E-state index in [1.165, 1.54) is 0 Å². The summed E-state index contributed by atoms with van der Waals surface area (Å²) in [4.78, 5) is 30.8. The monoisotopic (exact) mass is 356 g/mol. The first-order valence-corrected chi connectivity index (χ1v) is 9.36. The molecular formula is C20H28N4O2. The van der Waals surface area contributed by atoms with E-state index in [9.17, 15) is 9.59 Å². The molecule has 1 saturated heterocycles. The summed E-state index contributed by atoms with van der Waals surface area (Å²) in [5.41, 5.74) is 2.01. The van der Waals surface area contributed by atoms with Crippen molar-refractivity contribution in [2.24, 2.45) is 13.0 Å². The van der Waals surface area contributed by atoms with Crippen LogP contribution in [0, 0.1) is 5.92 Å². The lowest BCUT2D eigenvalue weighted by Crippen LogP contribution is -2.36. The van der Waals surface area contributed by atoms with Gasteiger partial charge in [-0.3, -0.25) is 19.1 Å². The third-order valence-corrected chi connectivity index (χ3v) is 5.23. The molecular weight excluding hydrogens is 328 g/mol. The number of hydrogen-bond donors (Lipinski definition) is 0. The Labute approximate surface area is 154 Å². The number of rotatable bonds is 5. The van der Waals surface area contributed by atoms with Crippen LogP contribution in [-0.2, 0) is 20.1 Å². The van der Waals surface area contributed by atoms with Gasteiger partial charge >= 0.3 is 0 Å². The molecule has 26 heavy (non-hydrogen) atoms. The largest absolute Gasteiger partial charge is 0.319 e. The van der Waals surface area contributed by atoms with E-state index >= 15 is 0 Å². The average molecular weight is 356 g/mol. The van der Waals surface area contributed by atoms with Crippen molar-refractivity contribution in [1.82, 2.24) is 19.0 Å². The van der Waals surface area contributed by atoms with Crippen LogP contribution < -0.4 is 11.1 Å². The van der Waals surface area contributed by atoms with Gasteiger partial charge in [0.25, 0.3) is 11.1 Å². The van der Waals surface area contributed by atoms with Gasteiger partial charge in [0.2, 0.25) is 0 Å². The van der Waals surface area contributed by atoms with Crippen LogP contribution in [0.3, 0.4) is 0 Å². The highest BCUT2D eigenvalue weighted by molar-refractivity contribution is 5.11. The molecule has 0 saturated carbocycles. The summed E-state index contributed by atoms with van der Waals surface area (Å²) in [6, 6.07) is 5.39. The number of nitrogens with zero attached hydrogens (tertiary/aromatic N) is 4. The molecule has 3 heterocycles. The van der Waals surface area contributed by atoms with Gasteiger partial charge in [-0.15, -0.1) is 0 Å². The minimum atomic E-state index is 0.0362. The molecule has 0 amide bonds. The molecule has 0 aliphatic carbocycles. The summed E-state index contributed by atoms with van der Waals surface area (Å²) in [6.07, 6.45) is 5.64. The minimum Gasteiger partial charge on any atom is -0.319 e. The highest BCUT2D eigenvalue weighted by atomic mass is 16.1. The fourth-order valence-corrected chi connectivity index (χ4v) is 3.44. The predicted molar refractivity (Wildman–Crippen MR) is 102 cm³/mol. The number of aryl methyl sites for hydroxylation is 1. The van der Waals surface area contributed by atoms with Crippen molar-refractivity contribution in [3.8, 4) is 0 Å². The molecule has 0 atom stereocenters. The van der Waals surface area contributed by atoms with Gasteiger partial charge in [-0.1, -0.05) is 13.8 Å². The molecule has 3 rings (SSSR count). The maximum absolute atomic E-state index is 12.3. The van der Waals surface area contributed by atoms with Crippen LogP contribution in [0.5, 0.6) is 0 Å². The standard InChI is InChI=1S/C20H28N4O2/c1-15(2)18-11-20(26)24(14-21-18)13-16-5-8-23(9-6-16)12-17-4-7-22(3)19(25)10-17/h4,7,10-11,14-16H,5-6,8-9,12-13H2,1-3H3. The molecule has 0 N–H and O–H groups in total. The van der Waals surface area contributed by atoms with E-state index < -0.39 is 0 Å². The van der Waals surface area contributed by atoms with Crippen LogP contribution in [0.15, 0.2) is 40.3 Å². The second-order valence-corrected chi connectivity index (χ2v) is 7.66. The Morgan fingerprint density at radius 3 is 2.50 bits per heavy atom. The zero-order valence-electron chi connectivity index (χ0n) is 15.9. The van der Waals surface area contributed by atoms with E-state index in [-0.39, 0.29) is 17.0 Å². The van der Waals surface area contributed by atoms with Crippen molar-refractivity contribution in [2.45, 2.75) is 45.7 Å². The second kappa shape index (κ2) is 7.99. The van der Waals surface area contributed by atoms with Gasteiger partial charge in [-0.2, -0.15) is 0 Å². The molecule has 1 fully saturated rings. The maximum atomic E-state index is 12.3. The Morgan fingerprint density at radius 1 is 1.15 bits per heavy atom. The number of pyridine rings is 1. The lowest BCUT2D eigenvalue weighted by Gasteiger charge is -2.32. The van der Waals surface area contributed by atoms with Crippen molar-refractivity contribution in [1.29, 1.82) is 0 Å². The summed E-state index contributed by atoms with van der Waals surface area (Å²) < 4.78 is 3.33. The fraction of sp³-hybridized carbons (Fsp3) is 0.550. The Hall–Kier alpha value is -2.21. The zero-order chi connectivity index (χ0) is 18.7. The molecule has 0 unspecified atom stereocenters. The molecule has 0 spiro atoms. The lowest BCUT2D eigenvalue weighted by molar-refractivity contribution is 0.166. The van der Waals surface area contributed by atoms with Crippen LogP contribution in [-0.4, -0.2) is 32.1 Å². The van der Waals surface area contributed by atoms with E-state index in [1.807, 2.05) is 26.1 Å². The summed E-state index contributed by atoms with van der Waals surface area (Å²) in [5.74, 6) is 0.773. The average Bonchev–Trinajstić information content (AvgIpc) is 2.61. The summed E-state index contributed by atoms with van der Waals surface area (Å²) in [7, 11) is 1.77. The molecule has 1 aliphatic rings. The second-order valence-electron chi connectivity index (χ2n) is 7.66. The molecule has 6 heteroatoms. The summed E-state index contributed by atoms with van der Waals surface area (Å²) in [5, 5.41) is 0. The van der Waals surface area contributed by atoms with Gasteiger partial charge in [0.1, 0.15) is 0 Å². The Kier molecular flexibility index (Phi) is 5.71. The van der Waals surface area contributed by atoms with Gasteiger partial charge in [0, 0.05) is 38.5 Å². The number of likely N-dealkylation sites (tertiary alicyclic amines) is 1. The molecule has 2 aromatic rings. The zero-order valence-corrected chi connectivity index (χ0v) is 15.9. The van der Waals surface area contributed by atoms with Gasteiger partial charge in [-0.25, -0.2) is 4.98 Å². The topological polar surface area (TPSA) is 60.1 Å². The van der Waals surface area contributed by atoms with E-state index in [0.29, 0.717) is 5.92 Å². The van der Waals surface area contributed by atoms with Crippen molar-refractivity contribution in [3.63, 3.8) is 0 Å². The molecule has 140 valence electrons. The SMILES string of the molecule is CC(C)c1cc(=O)n(CC2CCN(Cc3ccn(C)c(=O)c3)CC2)cn1. The third-order valence-electron chi connectivity index (χ3n) is 5.23. The van der Waals surface area contributed by atoms with Gasteiger partial charge in [0.05, 0.1) is 12.0 Å². The first-order valence-electron chi connectivity index (χ1n) is 9.36. The van der Waals surface area contributed by atoms with Gasteiger partial charge in [0.15, 0.2) is 0 Å². The molecule has 0 aromatic carbocycles. The van der Waals surface area contributed by atoms with Crippen LogP contribution in [0.1, 0.15) is 43.9 Å². The number of aromatic nitrogens is 3. The highest BCUT2D eigenvalue weighted by Gasteiger charge is 2.20. The first-order chi connectivity index (χ1) is 12.4. The molecule has 0 radical (unpaired) electrons. The van der Waals surface area contributed by atoms with Crippen LogP contribution in [0.25, 0.3) is 0 Å². The molecule has 1 aliphatic heterocycles. The normalized spacial score (nSPS) is 16.3. The third kappa shape index (κ3) is 4.49. The van der Waals surface area contributed by atoms with E-state index in [4.69, 9.17) is 0 Å². The number of hydrogen-bond acceptors (Lipinski definition) is 4.